The molecule has 1 heterocycles. The number of halogens is 1. The molecular weight excluding hydrogens is 331 g/mol. The van der Waals surface area contributed by atoms with Gasteiger partial charge in [0.2, 0.25) is 0 Å². The van der Waals surface area contributed by atoms with E-state index in [2.05, 4.69) is 16.7 Å². The second-order valence-corrected chi connectivity index (χ2v) is 6.09. The fraction of sp³-hybridized carbons (Fsp3) is 0.333. The van der Waals surface area contributed by atoms with Crippen LogP contribution in [0.3, 0.4) is 0 Å². The van der Waals surface area contributed by atoms with E-state index in [4.69, 9.17) is 15.2 Å². The third kappa shape index (κ3) is 5.30. The second kappa shape index (κ2) is 9.35. The van der Waals surface area contributed by atoms with Crippen molar-refractivity contribution in [1.82, 2.24) is 4.90 Å². The van der Waals surface area contributed by atoms with Gasteiger partial charge in [-0.2, -0.15) is 0 Å². The summed E-state index contributed by atoms with van der Waals surface area (Å²) < 4.78 is 24.4. The summed E-state index contributed by atoms with van der Waals surface area (Å²) in [5.41, 5.74) is 7.58. The minimum atomic E-state index is -0.334. The van der Waals surface area contributed by atoms with Gasteiger partial charge < -0.3 is 15.2 Å². The Labute approximate surface area is 153 Å². The lowest BCUT2D eigenvalue weighted by Gasteiger charge is -2.25. The monoisotopic (exact) mass is 354 g/mol. The van der Waals surface area contributed by atoms with E-state index >= 15 is 0 Å². The molecule has 1 fully saturated rings. The van der Waals surface area contributed by atoms with E-state index in [0.29, 0.717) is 18.0 Å². The van der Waals surface area contributed by atoms with Crippen molar-refractivity contribution in [2.24, 2.45) is 5.73 Å². The molecule has 0 aromatic heterocycles. The van der Waals surface area contributed by atoms with E-state index in [1.54, 1.807) is 12.1 Å². The molecule has 4 nitrogen and oxygen atoms in total. The molecule has 1 saturated heterocycles. The molecule has 2 aromatic rings. The molecule has 0 amide bonds. The molecule has 3 rings (SSSR count). The van der Waals surface area contributed by atoms with Gasteiger partial charge in [-0.05, 0) is 30.3 Å². The first-order valence-electron chi connectivity index (χ1n) is 8.80. The van der Waals surface area contributed by atoms with Crippen LogP contribution in [-0.2, 0) is 11.3 Å². The van der Waals surface area contributed by atoms with Crippen LogP contribution in [0.15, 0.2) is 42.5 Å². The minimum Gasteiger partial charge on any atom is -0.457 e. The Balaban J connectivity index is 1.62. The molecule has 1 aliphatic heterocycles. The van der Waals surface area contributed by atoms with Gasteiger partial charge in [-0.1, -0.05) is 17.9 Å². The number of nitrogens with two attached hydrogens (primary N) is 1. The summed E-state index contributed by atoms with van der Waals surface area (Å²) in [7, 11) is 0. The first-order chi connectivity index (χ1) is 12.7. The van der Waals surface area contributed by atoms with Crippen molar-refractivity contribution < 1.29 is 13.9 Å². The van der Waals surface area contributed by atoms with Crippen LogP contribution >= 0.6 is 0 Å². The zero-order chi connectivity index (χ0) is 18.2. The van der Waals surface area contributed by atoms with Crippen LogP contribution < -0.4 is 10.5 Å². The molecule has 0 unspecified atom stereocenters. The molecule has 136 valence electrons. The van der Waals surface area contributed by atoms with Gasteiger partial charge >= 0.3 is 0 Å². The Kier molecular flexibility index (Phi) is 6.62. The van der Waals surface area contributed by atoms with E-state index < -0.39 is 0 Å². The molecule has 2 N–H and O–H groups in total. The smallest absolute Gasteiger partial charge is 0.131 e. The number of hydrogen-bond donors (Lipinski definition) is 1. The molecule has 5 heteroatoms. The van der Waals surface area contributed by atoms with Crippen LogP contribution in [0.2, 0.25) is 0 Å². The van der Waals surface area contributed by atoms with Crippen molar-refractivity contribution in [3.8, 4) is 23.3 Å². The average molecular weight is 354 g/mol. The van der Waals surface area contributed by atoms with Crippen LogP contribution in [0.4, 0.5) is 4.39 Å². The Bertz CT molecular complexity index is 792. The summed E-state index contributed by atoms with van der Waals surface area (Å²) in [5, 5.41) is 0. The fourth-order valence-corrected chi connectivity index (χ4v) is 2.78. The molecular formula is C21H23FN2O2. The molecule has 0 bridgehead atoms. The average Bonchev–Trinajstić information content (AvgIpc) is 2.67. The van der Waals surface area contributed by atoms with Crippen LogP contribution in [0.25, 0.3) is 0 Å². The van der Waals surface area contributed by atoms with Crippen LogP contribution in [0, 0.1) is 17.7 Å². The highest BCUT2D eigenvalue weighted by molar-refractivity contribution is 5.45. The number of benzene rings is 2. The van der Waals surface area contributed by atoms with Crippen LogP contribution in [0.1, 0.15) is 17.5 Å². The predicted octanol–water partition coefficient (Wildman–Crippen LogP) is 3.15. The van der Waals surface area contributed by atoms with E-state index in [9.17, 15) is 4.39 Å². The maximum atomic E-state index is 13.3. The summed E-state index contributed by atoms with van der Waals surface area (Å²) in [4.78, 5) is 2.36. The molecule has 0 saturated carbocycles. The molecule has 0 radical (unpaired) electrons. The summed E-state index contributed by atoms with van der Waals surface area (Å²) in [6, 6.07) is 11.7. The highest BCUT2D eigenvalue weighted by Crippen LogP contribution is 2.26. The van der Waals surface area contributed by atoms with Gasteiger partial charge in [-0.3, -0.25) is 4.90 Å². The number of rotatable bonds is 5. The van der Waals surface area contributed by atoms with Crippen molar-refractivity contribution in [3.05, 3.63) is 59.4 Å². The topological polar surface area (TPSA) is 47.7 Å². The number of nitrogens with zero attached hydrogens (tertiary/aromatic N) is 1. The SMILES string of the molecule is NCc1cc(C#CCCN2CCOCC2)ccc1Oc1cccc(F)c1. The maximum absolute atomic E-state index is 13.3. The molecule has 2 aromatic carbocycles. The van der Waals surface area contributed by atoms with Crippen molar-refractivity contribution in [2.45, 2.75) is 13.0 Å². The summed E-state index contributed by atoms with van der Waals surface area (Å²) in [5.74, 6) is 7.13. The lowest BCUT2D eigenvalue weighted by molar-refractivity contribution is 0.0390. The third-order valence-corrected chi connectivity index (χ3v) is 4.19. The normalized spacial score (nSPS) is 14.5. The maximum Gasteiger partial charge on any atom is 0.131 e. The number of hydrogen-bond acceptors (Lipinski definition) is 4. The standard InChI is InChI=1S/C21H23FN2O2/c22-19-5-3-6-20(15-19)26-21-8-7-17(14-18(21)16-23)4-1-2-9-24-10-12-25-13-11-24/h3,5-8,14-15H,2,9-13,16,23H2. The predicted molar refractivity (Wildman–Crippen MR) is 99.6 cm³/mol. The first kappa shape index (κ1) is 18.4. The molecule has 26 heavy (non-hydrogen) atoms. The van der Waals surface area contributed by atoms with Gasteiger partial charge in [0.05, 0.1) is 13.2 Å². The van der Waals surface area contributed by atoms with Gasteiger partial charge in [0.25, 0.3) is 0 Å². The van der Waals surface area contributed by atoms with Crippen molar-refractivity contribution in [3.63, 3.8) is 0 Å². The molecule has 0 spiro atoms. The van der Waals surface area contributed by atoms with E-state index in [0.717, 1.165) is 50.4 Å². The second-order valence-electron chi connectivity index (χ2n) is 6.09. The molecule has 0 atom stereocenters. The highest BCUT2D eigenvalue weighted by Gasteiger charge is 2.08. The summed E-state index contributed by atoms with van der Waals surface area (Å²) >= 11 is 0. The van der Waals surface area contributed by atoms with E-state index in [1.807, 2.05) is 18.2 Å². The zero-order valence-electron chi connectivity index (χ0n) is 14.7. The van der Waals surface area contributed by atoms with Gasteiger partial charge in [-0.25, -0.2) is 4.39 Å². The number of morpholine rings is 1. The van der Waals surface area contributed by atoms with Gasteiger partial charge in [0, 0.05) is 49.8 Å². The molecule has 1 aliphatic rings. The van der Waals surface area contributed by atoms with Gasteiger partial charge in [-0.15, -0.1) is 0 Å². The van der Waals surface area contributed by atoms with E-state index in [-0.39, 0.29) is 5.82 Å². The minimum absolute atomic E-state index is 0.327. The van der Waals surface area contributed by atoms with Crippen molar-refractivity contribution >= 4 is 0 Å². The quantitative estimate of drug-likeness (QED) is 0.838. The van der Waals surface area contributed by atoms with Crippen molar-refractivity contribution in [2.75, 3.05) is 32.8 Å². The van der Waals surface area contributed by atoms with Gasteiger partial charge in [0.15, 0.2) is 0 Å². The number of ether oxygens (including phenoxy) is 2. The Morgan fingerprint density at radius 3 is 2.77 bits per heavy atom. The lowest BCUT2D eigenvalue weighted by Crippen LogP contribution is -2.36. The Hall–Kier alpha value is -2.39. The lowest BCUT2D eigenvalue weighted by atomic mass is 10.1. The Morgan fingerprint density at radius 1 is 1.15 bits per heavy atom. The zero-order valence-corrected chi connectivity index (χ0v) is 14.7. The van der Waals surface area contributed by atoms with Gasteiger partial charge in [0.1, 0.15) is 17.3 Å². The Morgan fingerprint density at radius 2 is 2.00 bits per heavy atom. The van der Waals surface area contributed by atoms with Crippen molar-refractivity contribution in [1.29, 1.82) is 0 Å². The largest absolute Gasteiger partial charge is 0.457 e. The first-order valence-corrected chi connectivity index (χ1v) is 8.80. The van der Waals surface area contributed by atoms with Crippen LogP contribution in [0.5, 0.6) is 11.5 Å². The summed E-state index contributed by atoms with van der Waals surface area (Å²) in [6.45, 7) is 4.85. The highest BCUT2D eigenvalue weighted by atomic mass is 19.1. The molecule has 0 aliphatic carbocycles. The fourth-order valence-electron chi connectivity index (χ4n) is 2.78. The van der Waals surface area contributed by atoms with Crippen LogP contribution in [-0.4, -0.2) is 37.7 Å². The van der Waals surface area contributed by atoms with E-state index in [1.165, 1.54) is 12.1 Å². The summed E-state index contributed by atoms with van der Waals surface area (Å²) in [6.07, 6.45) is 0.819. The third-order valence-electron chi connectivity index (χ3n) is 4.19.